The number of rotatable bonds is 3. The maximum Gasteiger partial charge on any atom is 0.241 e. The minimum atomic E-state index is -3.37. The lowest BCUT2D eigenvalue weighted by atomic mass is 10.1. The van der Waals surface area contributed by atoms with Crippen molar-refractivity contribution in [1.82, 2.24) is 9.21 Å². The van der Waals surface area contributed by atoms with E-state index in [0.717, 1.165) is 6.26 Å². The van der Waals surface area contributed by atoms with E-state index in [2.05, 4.69) is 0 Å². The van der Waals surface area contributed by atoms with E-state index < -0.39 is 16.1 Å². The van der Waals surface area contributed by atoms with Gasteiger partial charge in [-0.2, -0.15) is 4.31 Å². The van der Waals surface area contributed by atoms with Gasteiger partial charge >= 0.3 is 0 Å². The Morgan fingerprint density at radius 2 is 2.15 bits per heavy atom. The number of nitrogens with zero attached hydrogens (tertiary/aromatic N) is 2. The van der Waals surface area contributed by atoms with E-state index in [1.165, 1.54) is 4.31 Å². The van der Waals surface area contributed by atoms with Crippen LogP contribution in [0.3, 0.4) is 0 Å². The highest BCUT2D eigenvalue weighted by Crippen LogP contribution is 2.24. The molecule has 2 saturated heterocycles. The molecule has 2 heterocycles. The number of sulfonamides is 1. The standard InChI is InChI=1S/C12H22N2O5S/c1-9-8-19-10(7-15)6-13(9)12(16)11-4-3-5-14(11)20(2,17)18/h9-11,15H,3-8H2,1-2H3. The molecule has 3 atom stereocenters. The average Bonchev–Trinajstić information content (AvgIpc) is 2.87. The second kappa shape index (κ2) is 5.97. The van der Waals surface area contributed by atoms with Gasteiger partial charge < -0.3 is 14.7 Å². The molecule has 0 aromatic rings. The molecule has 0 aromatic carbocycles. The highest BCUT2D eigenvalue weighted by atomic mass is 32.2. The van der Waals surface area contributed by atoms with E-state index in [4.69, 9.17) is 9.84 Å². The van der Waals surface area contributed by atoms with Crippen LogP contribution in [0.15, 0.2) is 0 Å². The zero-order valence-electron chi connectivity index (χ0n) is 11.9. The van der Waals surface area contributed by atoms with E-state index in [1.807, 2.05) is 6.92 Å². The van der Waals surface area contributed by atoms with Gasteiger partial charge in [0.2, 0.25) is 15.9 Å². The predicted octanol–water partition coefficient (Wildman–Crippen LogP) is -0.981. The van der Waals surface area contributed by atoms with Crippen LogP contribution in [0.5, 0.6) is 0 Å². The smallest absolute Gasteiger partial charge is 0.241 e. The van der Waals surface area contributed by atoms with E-state index >= 15 is 0 Å². The topological polar surface area (TPSA) is 87.2 Å². The molecule has 2 fully saturated rings. The van der Waals surface area contributed by atoms with Gasteiger partial charge in [-0.1, -0.05) is 0 Å². The SMILES string of the molecule is CC1COC(CO)CN1C(=O)C1CCCN1S(C)(=O)=O. The molecular formula is C12H22N2O5S. The van der Waals surface area contributed by atoms with Gasteiger partial charge in [-0.15, -0.1) is 0 Å². The molecule has 0 bridgehead atoms. The summed E-state index contributed by atoms with van der Waals surface area (Å²) in [5, 5.41) is 9.15. The Morgan fingerprint density at radius 1 is 1.45 bits per heavy atom. The van der Waals surface area contributed by atoms with Gasteiger partial charge in [-0.3, -0.25) is 4.79 Å². The van der Waals surface area contributed by atoms with Crippen molar-refractivity contribution in [2.24, 2.45) is 0 Å². The van der Waals surface area contributed by atoms with Crippen LogP contribution in [-0.4, -0.2) is 79.4 Å². The molecule has 1 N–H and O–H groups in total. The van der Waals surface area contributed by atoms with Gasteiger partial charge in [0.25, 0.3) is 0 Å². The monoisotopic (exact) mass is 306 g/mol. The Balaban J connectivity index is 2.13. The van der Waals surface area contributed by atoms with Crippen LogP contribution in [-0.2, 0) is 19.6 Å². The number of morpholine rings is 1. The zero-order valence-corrected chi connectivity index (χ0v) is 12.7. The van der Waals surface area contributed by atoms with Crippen molar-refractivity contribution in [2.75, 3.05) is 32.6 Å². The van der Waals surface area contributed by atoms with Crippen molar-refractivity contribution in [1.29, 1.82) is 0 Å². The number of aliphatic hydroxyl groups excluding tert-OH is 1. The molecule has 2 aliphatic rings. The molecule has 7 nitrogen and oxygen atoms in total. The van der Waals surface area contributed by atoms with Gasteiger partial charge in [0.15, 0.2) is 0 Å². The molecule has 0 aromatic heterocycles. The Morgan fingerprint density at radius 3 is 2.75 bits per heavy atom. The Bertz CT molecular complexity index is 466. The summed E-state index contributed by atoms with van der Waals surface area (Å²) in [6.07, 6.45) is 2.01. The van der Waals surface area contributed by atoms with Crippen LogP contribution >= 0.6 is 0 Å². The summed E-state index contributed by atoms with van der Waals surface area (Å²) in [5.74, 6) is -0.179. The molecule has 0 spiro atoms. The normalized spacial score (nSPS) is 32.5. The third-order valence-corrected chi connectivity index (χ3v) is 5.20. The molecule has 0 saturated carbocycles. The van der Waals surface area contributed by atoms with E-state index in [0.29, 0.717) is 32.5 Å². The Hall–Kier alpha value is -0.700. The first-order valence-corrected chi connectivity index (χ1v) is 8.69. The minimum Gasteiger partial charge on any atom is -0.394 e. The highest BCUT2D eigenvalue weighted by molar-refractivity contribution is 7.88. The maximum atomic E-state index is 12.6. The molecule has 8 heteroatoms. The summed E-state index contributed by atoms with van der Waals surface area (Å²) in [6, 6.07) is -0.711. The number of carbonyl (C=O) groups excluding carboxylic acids is 1. The molecular weight excluding hydrogens is 284 g/mol. The fourth-order valence-corrected chi connectivity index (χ4v) is 3.93. The van der Waals surface area contributed by atoms with Gasteiger partial charge in [0.1, 0.15) is 6.04 Å². The molecule has 1 amide bonds. The van der Waals surface area contributed by atoms with Crippen LogP contribution < -0.4 is 0 Å². The maximum absolute atomic E-state index is 12.6. The highest BCUT2D eigenvalue weighted by Gasteiger charge is 2.41. The molecule has 2 rings (SSSR count). The quantitative estimate of drug-likeness (QED) is 0.724. The largest absolute Gasteiger partial charge is 0.394 e. The molecule has 0 aliphatic carbocycles. The van der Waals surface area contributed by atoms with E-state index in [9.17, 15) is 13.2 Å². The van der Waals surface area contributed by atoms with E-state index in [-0.39, 0.29) is 24.7 Å². The first-order valence-electron chi connectivity index (χ1n) is 6.84. The van der Waals surface area contributed by atoms with Crippen molar-refractivity contribution in [3.8, 4) is 0 Å². The fourth-order valence-electron chi connectivity index (χ4n) is 2.81. The van der Waals surface area contributed by atoms with Crippen LogP contribution in [0, 0.1) is 0 Å². The molecule has 0 radical (unpaired) electrons. The van der Waals surface area contributed by atoms with Crippen LogP contribution in [0.1, 0.15) is 19.8 Å². The van der Waals surface area contributed by atoms with Crippen molar-refractivity contribution < 1.29 is 23.1 Å². The minimum absolute atomic E-state index is 0.104. The lowest BCUT2D eigenvalue weighted by molar-refractivity contribution is -0.149. The predicted molar refractivity (Wildman–Crippen MR) is 72.6 cm³/mol. The van der Waals surface area contributed by atoms with Crippen LogP contribution in [0.2, 0.25) is 0 Å². The molecule has 116 valence electrons. The molecule has 20 heavy (non-hydrogen) atoms. The zero-order chi connectivity index (χ0) is 14.9. The molecule has 3 unspecified atom stereocenters. The summed E-state index contributed by atoms with van der Waals surface area (Å²) < 4.78 is 30.1. The van der Waals surface area contributed by atoms with Crippen LogP contribution in [0.25, 0.3) is 0 Å². The summed E-state index contributed by atoms with van der Waals surface area (Å²) in [4.78, 5) is 14.2. The van der Waals surface area contributed by atoms with Crippen molar-refractivity contribution in [2.45, 2.75) is 38.0 Å². The van der Waals surface area contributed by atoms with Gasteiger partial charge in [-0.25, -0.2) is 8.42 Å². The van der Waals surface area contributed by atoms with E-state index in [1.54, 1.807) is 4.90 Å². The Labute approximate surface area is 119 Å². The second-order valence-corrected chi connectivity index (χ2v) is 7.44. The van der Waals surface area contributed by atoms with Crippen molar-refractivity contribution >= 4 is 15.9 Å². The number of carbonyl (C=O) groups is 1. The van der Waals surface area contributed by atoms with Gasteiger partial charge in [0.05, 0.1) is 31.6 Å². The summed E-state index contributed by atoms with van der Waals surface area (Å²) in [6.45, 7) is 2.80. The van der Waals surface area contributed by atoms with Crippen molar-refractivity contribution in [3.63, 3.8) is 0 Å². The number of aliphatic hydroxyl groups is 1. The lowest BCUT2D eigenvalue weighted by Gasteiger charge is -2.39. The third kappa shape index (κ3) is 3.13. The average molecular weight is 306 g/mol. The number of ether oxygens (including phenoxy) is 1. The fraction of sp³-hybridized carbons (Fsp3) is 0.917. The lowest BCUT2D eigenvalue weighted by Crippen LogP contribution is -2.57. The summed E-state index contributed by atoms with van der Waals surface area (Å²) >= 11 is 0. The van der Waals surface area contributed by atoms with Gasteiger partial charge in [-0.05, 0) is 19.8 Å². The number of hydrogen-bond donors (Lipinski definition) is 1. The summed E-state index contributed by atoms with van der Waals surface area (Å²) in [5.41, 5.74) is 0. The first-order chi connectivity index (χ1) is 9.34. The van der Waals surface area contributed by atoms with Crippen LogP contribution in [0.4, 0.5) is 0 Å². The van der Waals surface area contributed by atoms with Gasteiger partial charge in [0, 0.05) is 13.1 Å². The Kier molecular flexibility index (Phi) is 4.68. The second-order valence-electron chi connectivity index (χ2n) is 5.51. The number of amides is 1. The van der Waals surface area contributed by atoms with Crippen molar-refractivity contribution in [3.05, 3.63) is 0 Å². The third-order valence-electron chi connectivity index (χ3n) is 3.91. The number of hydrogen-bond acceptors (Lipinski definition) is 5. The molecule has 2 aliphatic heterocycles. The first kappa shape index (κ1) is 15.7. The summed E-state index contributed by atoms with van der Waals surface area (Å²) in [7, 11) is -3.37.